The normalized spacial score (nSPS) is 26.3. The minimum atomic E-state index is -2.79. The van der Waals surface area contributed by atoms with Gasteiger partial charge < -0.3 is 44.0 Å². The predicted octanol–water partition coefficient (Wildman–Crippen LogP) is 10.1. The molecule has 20 nitrogen and oxygen atoms in total. The molecule has 1 heterocycles. The molecule has 12 atom stereocenters. The lowest BCUT2D eigenvalue weighted by molar-refractivity contribution is -0.157. The predicted molar refractivity (Wildman–Crippen MR) is 372 cm³/mol. The monoisotopic (exact) mass is 1320 g/mol. The summed E-state index contributed by atoms with van der Waals surface area (Å²) in [7, 11) is 7.65. The summed E-state index contributed by atoms with van der Waals surface area (Å²) >= 11 is 0. The second-order valence-corrected chi connectivity index (χ2v) is 35.7. The average molecular weight is 1330 g/mol. The minimum Gasteiger partial charge on any atom is -0.411 e. The van der Waals surface area contributed by atoms with Crippen molar-refractivity contribution in [1.29, 1.82) is 0 Å². The molecular weight excluding hydrogens is 1200 g/mol. The highest BCUT2D eigenvalue weighted by Gasteiger charge is 2.49. The minimum absolute atomic E-state index is 0.0745. The topological polar surface area (TPSA) is 232 Å². The smallest absolute Gasteiger partial charge is 0.270 e. The Balaban J connectivity index is 4.61. The van der Waals surface area contributed by atoms with Crippen molar-refractivity contribution in [3.63, 3.8) is 0 Å². The number of carbonyl (C=O) groups excluding carboxylic acids is 11. The van der Waals surface area contributed by atoms with E-state index in [0.717, 1.165) is 4.90 Å². The fourth-order valence-corrected chi connectivity index (χ4v) is 13.6. The summed E-state index contributed by atoms with van der Waals surface area (Å²) < 4.78 is 7.31. The molecule has 1 fully saturated rings. The van der Waals surface area contributed by atoms with Gasteiger partial charge in [0.1, 0.15) is 35.9 Å². The van der Waals surface area contributed by atoms with Crippen molar-refractivity contribution < 1.29 is 57.2 Å². The van der Waals surface area contributed by atoms with E-state index in [2.05, 4.69) is 45.8 Å². The van der Waals surface area contributed by atoms with Crippen LogP contribution in [-0.2, 0) is 57.2 Å². The summed E-state index contributed by atoms with van der Waals surface area (Å²) in [6.45, 7) is 45.6. The van der Waals surface area contributed by atoms with Crippen molar-refractivity contribution in [2.75, 3.05) is 49.3 Å². The van der Waals surface area contributed by atoms with Gasteiger partial charge in [-0.2, -0.15) is 0 Å². The highest BCUT2D eigenvalue weighted by Crippen LogP contribution is 2.40. The van der Waals surface area contributed by atoms with Crippen LogP contribution in [-0.4, -0.2) is 205 Å². The van der Waals surface area contributed by atoms with E-state index in [-0.39, 0.29) is 91.7 Å². The Bertz CT molecular complexity index is 2630. The van der Waals surface area contributed by atoms with Crippen molar-refractivity contribution in [3.8, 4) is 0 Å². The Kier molecular flexibility index (Phi) is 34.1. The molecule has 0 aliphatic carbocycles. The van der Waals surface area contributed by atoms with Gasteiger partial charge >= 0.3 is 0 Å². The first-order valence-corrected chi connectivity index (χ1v) is 37.2. The van der Waals surface area contributed by atoms with Crippen LogP contribution < -0.4 is 5.32 Å². The van der Waals surface area contributed by atoms with E-state index in [9.17, 15) is 33.6 Å². The van der Waals surface area contributed by atoms with Gasteiger partial charge in [-0.1, -0.05) is 143 Å². The zero-order chi connectivity index (χ0) is 72.6. The zero-order valence-corrected chi connectivity index (χ0v) is 64.1. The third kappa shape index (κ3) is 23.4. The van der Waals surface area contributed by atoms with Crippen molar-refractivity contribution in [2.45, 2.75) is 263 Å². The zero-order valence-electron chi connectivity index (χ0n) is 63.1. The Labute approximate surface area is 563 Å². The fraction of sp³-hybridized carbons (Fsp3) is 0.792. The van der Waals surface area contributed by atoms with Gasteiger partial charge in [-0.25, -0.2) is 0 Å². The molecule has 0 aromatic heterocycles. The highest BCUT2D eigenvalue weighted by atomic mass is 28.4. The number of rotatable bonds is 17. The molecule has 0 aromatic carbocycles. The number of amides is 8. The van der Waals surface area contributed by atoms with E-state index in [1.165, 1.54) is 85.7 Å². The van der Waals surface area contributed by atoms with Crippen LogP contribution in [0, 0.1) is 59.2 Å². The third-order valence-corrected chi connectivity index (χ3v) is 23.9. The Hall–Kier alpha value is -5.57. The molecule has 1 aliphatic heterocycles. The number of allylic oxidation sites excluding steroid dienone is 2. The van der Waals surface area contributed by atoms with Gasteiger partial charge in [0.05, 0.1) is 18.2 Å². The fourth-order valence-electron chi connectivity index (χ4n) is 12.2. The molecule has 21 heteroatoms. The van der Waals surface area contributed by atoms with Gasteiger partial charge in [-0.3, -0.25) is 52.7 Å². The van der Waals surface area contributed by atoms with Gasteiger partial charge in [0.25, 0.3) is 5.91 Å². The van der Waals surface area contributed by atoms with Crippen molar-refractivity contribution in [1.82, 2.24) is 39.6 Å². The number of nitrogens with one attached hydrogen (secondary N) is 1. The Morgan fingerprint density at radius 3 is 1.39 bits per heavy atom. The lowest BCUT2D eigenvalue weighted by atomic mass is 9.84. The van der Waals surface area contributed by atoms with Crippen molar-refractivity contribution in [2.24, 2.45) is 59.2 Å². The van der Waals surface area contributed by atoms with E-state index >= 15 is 19.2 Å². The molecule has 1 N–H and O–H groups in total. The highest BCUT2D eigenvalue weighted by molar-refractivity contribution is 6.74. The van der Waals surface area contributed by atoms with Gasteiger partial charge in [0, 0.05) is 86.3 Å². The number of hydrogen-bond acceptors (Lipinski definition) is 12. The SMILES string of the molecule is C=C1C(=O)N(C)[C@@H](CC(C)C)C(=O)C[C@H](C(C)C)C(=O)N(C)[C@@H](CC(C)C)C(=O)C[C@H](C)C(=O)N[C@@H](C)C(=O)N(C)[C@H](CC(C)C)C(=O)N(C)[C@H](CC(C)C)C(=O)N(C)[C@H](C(C)C)C(=O)N(C)[C@H]([C@H](O[Si](C)(C)C(C)(C)C)[C@H](C)C/C=C/C)C(=O)C[C@H](CC)C(=O)N1C. The molecule has 532 valence electrons. The van der Waals surface area contributed by atoms with E-state index in [1.54, 1.807) is 27.7 Å². The van der Waals surface area contributed by atoms with Crippen LogP contribution in [0.25, 0.3) is 0 Å². The first kappa shape index (κ1) is 85.4. The van der Waals surface area contributed by atoms with E-state index < -0.39 is 151 Å². The number of Topliss-reactive ketones (excluding diaryl/α,β-unsaturated/α-hetero) is 3. The maximum absolute atomic E-state index is 15.8. The molecule has 1 rings (SSSR count). The summed E-state index contributed by atoms with van der Waals surface area (Å²) in [5.41, 5.74) is -0.257. The average Bonchev–Trinajstić information content (AvgIpc) is 0.803. The number of carbonyl (C=O) groups is 11. The number of ketones is 3. The third-order valence-electron chi connectivity index (χ3n) is 19.4. The Morgan fingerprint density at radius 1 is 0.538 bits per heavy atom. The maximum Gasteiger partial charge on any atom is 0.270 e. The quantitative estimate of drug-likeness (QED) is 0.0814. The van der Waals surface area contributed by atoms with Crippen LogP contribution in [0.3, 0.4) is 0 Å². The first-order valence-electron chi connectivity index (χ1n) is 34.3. The number of likely N-dealkylation sites (N-methyl/N-ethyl adjacent to an activating group) is 7. The second kappa shape index (κ2) is 37.1. The van der Waals surface area contributed by atoms with Crippen molar-refractivity contribution >= 4 is 72.9 Å². The standard InChI is InChI=1S/C72H128N8O12Si/c1-31-33-34-48(15)63(92-93(29,30)72(19,20)21)62-60(83)40-52(32-2)67(87)74(22)51(18)66(86)75(23)55(36-43(5)6)59(82)41-53(46(11)12)68(88)76(24)54(35-42(3)4)58(81)39-49(16)64(84)73-50(17)65(85)77(25)56(37-44(7)8)69(89)78(26)57(38-45(9)10)70(90)79(27)61(47(13)14)71(91)80(62)28/h31,33,42-50,52-57,61-63H,18,32,34-41H2,1-17,19-30H3,(H,73,84)/b33-31+/t48-,49+,50+,52+,53-,54+,55+,56-,57-,61-,62+,63-/m1/s1. The van der Waals surface area contributed by atoms with Gasteiger partial charge in [-0.05, 0) is 112 Å². The largest absolute Gasteiger partial charge is 0.411 e. The van der Waals surface area contributed by atoms with Crippen molar-refractivity contribution in [3.05, 3.63) is 24.4 Å². The summed E-state index contributed by atoms with van der Waals surface area (Å²) in [5, 5.41) is 2.42. The van der Waals surface area contributed by atoms with Crippen LogP contribution in [0.4, 0.5) is 0 Å². The molecule has 0 unspecified atom stereocenters. The van der Waals surface area contributed by atoms with Crippen LogP contribution in [0.2, 0.25) is 18.1 Å². The van der Waals surface area contributed by atoms with E-state index in [4.69, 9.17) is 4.43 Å². The number of hydrogen-bond donors (Lipinski definition) is 1. The molecule has 1 saturated heterocycles. The molecule has 0 saturated carbocycles. The molecule has 8 amide bonds. The number of nitrogens with zero attached hydrogens (tertiary/aromatic N) is 7. The molecule has 1 aliphatic rings. The second-order valence-electron chi connectivity index (χ2n) is 30.9. The lowest BCUT2D eigenvalue weighted by Gasteiger charge is -2.46. The molecule has 0 spiro atoms. The lowest BCUT2D eigenvalue weighted by Crippen LogP contribution is -2.63. The molecule has 0 bridgehead atoms. The summed E-state index contributed by atoms with van der Waals surface area (Å²) in [6.07, 6.45) is 3.43. The van der Waals surface area contributed by atoms with Gasteiger partial charge in [-0.15, -0.1) is 0 Å². The molecular formula is C72H128N8O12Si. The van der Waals surface area contributed by atoms with Gasteiger partial charge in [0.2, 0.25) is 41.4 Å². The first-order chi connectivity index (χ1) is 42.6. The molecule has 0 radical (unpaired) electrons. The maximum atomic E-state index is 15.8. The van der Waals surface area contributed by atoms with Crippen LogP contribution in [0.1, 0.15) is 196 Å². The van der Waals surface area contributed by atoms with Crippen LogP contribution >= 0.6 is 0 Å². The molecule has 0 aromatic rings. The van der Waals surface area contributed by atoms with E-state index in [0.29, 0.717) is 6.42 Å². The summed E-state index contributed by atoms with van der Waals surface area (Å²) in [6, 6.07) is -7.97. The van der Waals surface area contributed by atoms with Gasteiger partial charge in [0.15, 0.2) is 25.7 Å². The van der Waals surface area contributed by atoms with E-state index in [1.807, 2.05) is 95.2 Å². The molecule has 93 heavy (non-hydrogen) atoms. The van der Waals surface area contributed by atoms with Crippen LogP contribution in [0.15, 0.2) is 24.4 Å². The summed E-state index contributed by atoms with van der Waals surface area (Å²) in [5.74, 6) is -10.6. The Morgan fingerprint density at radius 2 is 0.957 bits per heavy atom. The van der Waals surface area contributed by atoms with Crippen LogP contribution in [0.5, 0.6) is 0 Å². The summed E-state index contributed by atoms with van der Waals surface area (Å²) in [4.78, 5) is 174.